The summed E-state index contributed by atoms with van der Waals surface area (Å²) in [4.78, 5) is 14.6. The zero-order valence-corrected chi connectivity index (χ0v) is 15.6. The van der Waals surface area contributed by atoms with Gasteiger partial charge in [-0.15, -0.1) is 0 Å². The Hall–Kier alpha value is -1.59. The van der Waals surface area contributed by atoms with E-state index in [1.807, 2.05) is 11.8 Å². The lowest BCUT2D eigenvalue weighted by atomic mass is 9.92. The molecule has 1 atom stereocenters. The van der Waals surface area contributed by atoms with Crippen molar-refractivity contribution in [2.75, 3.05) is 32.9 Å². The van der Waals surface area contributed by atoms with Crippen LogP contribution in [-0.4, -0.2) is 49.4 Å². The predicted octanol–water partition coefficient (Wildman–Crippen LogP) is 3.46. The van der Waals surface area contributed by atoms with Crippen LogP contribution in [0.2, 0.25) is 0 Å². The molecule has 1 unspecified atom stereocenters. The number of carbonyl (C=O) groups is 1. The van der Waals surface area contributed by atoms with Gasteiger partial charge in [-0.2, -0.15) is 0 Å². The minimum atomic E-state index is -0.212. The van der Waals surface area contributed by atoms with Gasteiger partial charge in [0.15, 0.2) is 0 Å². The second-order valence-corrected chi connectivity index (χ2v) is 7.56. The Kier molecular flexibility index (Phi) is 5.64. The second-order valence-electron chi connectivity index (χ2n) is 7.56. The monoisotopic (exact) mass is 346 g/mol. The Labute approximate surface area is 150 Å². The molecule has 1 N–H and O–H groups in total. The number of hydrogen-bond acceptors (Lipinski definition) is 3. The number of benzene rings is 1. The van der Waals surface area contributed by atoms with Crippen LogP contribution in [0.3, 0.4) is 0 Å². The normalized spacial score (nSPS) is 21.4. The van der Waals surface area contributed by atoms with Crippen molar-refractivity contribution in [3.05, 3.63) is 35.4 Å². The van der Waals surface area contributed by atoms with Gasteiger partial charge in [0.05, 0.1) is 24.8 Å². The van der Waals surface area contributed by atoms with Crippen molar-refractivity contribution >= 4 is 6.03 Å². The zero-order chi connectivity index (χ0) is 17.9. The highest BCUT2D eigenvalue weighted by molar-refractivity contribution is 5.75. The maximum Gasteiger partial charge on any atom is 0.318 e. The molecule has 2 heterocycles. The number of rotatable bonds is 3. The second kappa shape index (κ2) is 7.75. The summed E-state index contributed by atoms with van der Waals surface area (Å²) in [6, 6.07) is 8.50. The third-order valence-electron chi connectivity index (χ3n) is 5.38. The average molecular weight is 346 g/mol. The molecule has 5 heteroatoms. The fourth-order valence-corrected chi connectivity index (χ4v) is 3.59. The SMILES string of the molecule is CC(C)c1ccc(C(C)NC(=O)N2CCOC3(CCOCC3)C2)cc1. The van der Waals surface area contributed by atoms with Gasteiger partial charge in [-0.1, -0.05) is 38.1 Å². The number of hydrogen-bond donors (Lipinski definition) is 1. The van der Waals surface area contributed by atoms with Gasteiger partial charge in [0.2, 0.25) is 0 Å². The summed E-state index contributed by atoms with van der Waals surface area (Å²) in [5.41, 5.74) is 2.24. The van der Waals surface area contributed by atoms with E-state index in [1.165, 1.54) is 5.56 Å². The molecule has 0 radical (unpaired) electrons. The molecule has 0 aromatic heterocycles. The number of nitrogens with one attached hydrogen (secondary N) is 1. The molecule has 2 fully saturated rings. The minimum absolute atomic E-state index is 0.00500. The molecule has 2 amide bonds. The Morgan fingerprint density at radius 3 is 2.36 bits per heavy atom. The highest BCUT2D eigenvalue weighted by atomic mass is 16.5. The molecule has 138 valence electrons. The van der Waals surface area contributed by atoms with Crippen molar-refractivity contribution in [1.82, 2.24) is 10.2 Å². The summed E-state index contributed by atoms with van der Waals surface area (Å²) in [7, 11) is 0. The van der Waals surface area contributed by atoms with Crippen LogP contribution in [0.15, 0.2) is 24.3 Å². The number of amides is 2. The van der Waals surface area contributed by atoms with Crippen molar-refractivity contribution in [3.8, 4) is 0 Å². The van der Waals surface area contributed by atoms with Crippen molar-refractivity contribution in [1.29, 1.82) is 0 Å². The quantitative estimate of drug-likeness (QED) is 0.912. The highest BCUT2D eigenvalue weighted by Crippen LogP contribution is 2.29. The van der Waals surface area contributed by atoms with Crippen LogP contribution in [0, 0.1) is 0 Å². The molecule has 2 aliphatic heterocycles. The van der Waals surface area contributed by atoms with Crippen molar-refractivity contribution in [2.24, 2.45) is 0 Å². The fourth-order valence-electron chi connectivity index (χ4n) is 3.59. The predicted molar refractivity (Wildman–Crippen MR) is 97.8 cm³/mol. The number of urea groups is 1. The summed E-state index contributed by atoms with van der Waals surface area (Å²) in [5, 5.41) is 3.14. The Balaban J connectivity index is 1.59. The van der Waals surface area contributed by atoms with Crippen LogP contribution in [0.1, 0.15) is 56.7 Å². The third-order valence-corrected chi connectivity index (χ3v) is 5.38. The lowest BCUT2D eigenvalue weighted by molar-refractivity contribution is -0.145. The van der Waals surface area contributed by atoms with Gasteiger partial charge in [0.25, 0.3) is 0 Å². The summed E-state index contributed by atoms with van der Waals surface area (Å²) in [6.07, 6.45) is 1.73. The molecule has 1 aromatic rings. The van der Waals surface area contributed by atoms with Crippen LogP contribution >= 0.6 is 0 Å². The van der Waals surface area contributed by atoms with Crippen LogP contribution < -0.4 is 5.32 Å². The standard InChI is InChI=1S/C20H30N2O3/c1-15(2)17-4-6-18(7-5-17)16(3)21-19(23)22-10-13-25-20(14-22)8-11-24-12-9-20/h4-7,15-16H,8-14H2,1-3H3,(H,21,23). The van der Waals surface area contributed by atoms with E-state index in [9.17, 15) is 4.79 Å². The summed E-state index contributed by atoms with van der Waals surface area (Å²) in [6.45, 7) is 9.74. The van der Waals surface area contributed by atoms with Crippen molar-refractivity contribution in [2.45, 2.75) is 51.2 Å². The van der Waals surface area contributed by atoms with Gasteiger partial charge in [0.1, 0.15) is 0 Å². The first-order valence-corrected chi connectivity index (χ1v) is 9.36. The van der Waals surface area contributed by atoms with E-state index in [2.05, 4.69) is 43.4 Å². The van der Waals surface area contributed by atoms with E-state index in [4.69, 9.17) is 9.47 Å². The number of morpholine rings is 1. The molecule has 0 saturated carbocycles. The van der Waals surface area contributed by atoms with E-state index in [1.54, 1.807) is 0 Å². The van der Waals surface area contributed by atoms with Crippen molar-refractivity contribution < 1.29 is 14.3 Å². The van der Waals surface area contributed by atoms with Crippen LogP contribution in [-0.2, 0) is 9.47 Å². The van der Waals surface area contributed by atoms with Gasteiger partial charge < -0.3 is 19.7 Å². The maximum absolute atomic E-state index is 12.7. The minimum Gasteiger partial charge on any atom is -0.381 e. The molecular weight excluding hydrogens is 316 g/mol. The first-order valence-electron chi connectivity index (χ1n) is 9.36. The topological polar surface area (TPSA) is 50.8 Å². The third kappa shape index (κ3) is 4.33. The van der Waals surface area contributed by atoms with Crippen LogP contribution in [0.25, 0.3) is 0 Å². The first-order chi connectivity index (χ1) is 12.0. The van der Waals surface area contributed by atoms with Gasteiger partial charge in [-0.25, -0.2) is 4.79 Å². The van der Waals surface area contributed by atoms with E-state index in [-0.39, 0.29) is 17.7 Å². The number of nitrogens with zero attached hydrogens (tertiary/aromatic N) is 1. The molecule has 2 saturated heterocycles. The highest BCUT2D eigenvalue weighted by Gasteiger charge is 2.39. The molecule has 0 aliphatic carbocycles. The molecule has 5 nitrogen and oxygen atoms in total. The van der Waals surface area contributed by atoms with Crippen LogP contribution in [0.5, 0.6) is 0 Å². The fraction of sp³-hybridized carbons (Fsp3) is 0.650. The van der Waals surface area contributed by atoms with E-state index >= 15 is 0 Å². The zero-order valence-electron chi connectivity index (χ0n) is 15.6. The summed E-state index contributed by atoms with van der Waals surface area (Å²) >= 11 is 0. The lowest BCUT2D eigenvalue weighted by Crippen LogP contribution is -2.57. The Morgan fingerprint density at radius 2 is 1.72 bits per heavy atom. The largest absolute Gasteiger partial charge is 0.381 e. The number of carbonyl (C=O) groups excluding carboxylic acids is 1. The molecule has 1 aromatic carbocycles. The molecule has 1 spiro atoms. The van der Waals surface area contributed by atoms with E-state index in [0.29, 0.717) is 38.8 Å². The molecular formula is C20H30N2O3. The number of ether oxygens (including phenoxy) is 2. The first kappa shape index (κ1) is 18.2. The average Bonchev–Trinajstić information content (AvgIpc) is 2.62. The smallest absolute Gasteiger partial charge is 0.318 e. The molecule has 0 bridgehead atoms. The van der Waals surface area contributed by atoms with Gasteiger partial charge in [-0.05, 0) is 24.0 Å². The van der Waals surface area contributed by atoms with Crippen molar-refractivity contribution in [3.63, 3.8) is 0 Å². The lowest BCUT2D eigenvalue weighted by Gasteiger charge is -2.44. The molecule has 25 heavy (non-hydrogen) atoms. The maximum atomic E-state index is 12.7. The molecule has 2 aliphatic rings. The van der Waals surface area contributed by atoms with Crippen LogP contribution in [0.4, 0.5) is 4.79 Å². The van der Waals surface area contributed by atoms with Gasteiger partial charge in [0, 0.05) is 32.6 Å². The van der Waals surface area contributed by atoms with E-state index in [0.717, 1.165) is 18.4 Å². The molecule has 3 rings (SSSR count). The van der Waals surface area contributed by atoms with Gasteiger partial charge in [-0.3, -0.25) is 0 Å². The summed E-state index contributed by atoms with van der Waals surface area (Å²) < 4.78 is 11.5. The Morgan fingerprint density at radius 1 is 1.08 bits per heavy atom. The summed E-state index contributed by atoms with van der Waals surface area (Å²) in [5.74, 6) is 0.517. The van der Waals surface area contributed by atoms with Gasteiger partial charge >= 0.3 is 6.03 Å². The Bertz CT molecular complexity index is 574. The van der Waals surface area contributed by atoms with E-state index < -0.39 is 0 Å².